The molecule has 1 aromatic carbocycles. The minimum absolute atomic E-state index is 0.0800. The highest BCUT2D eigenvalue weighted by atomic mass is 79.9. The summed E-state index contributed by atoms with van der Waals surface area (Å²) in [6.45, 7) is 0.271. The number of rotatable bonds is 4. The Morgan fingerprint density at radius 1 is 1.43 bits per heavy atom. The summed E-state index contributed by atoms with van der Waals surface area (Å²) in [6, 6.07) is 4.89. The molecule has 0 bridgehead atoms. The second kappa shape index (κ2) is 6.47. The summed E-state index contributed by atoms with van der Waals surface area (Å²) in [5.41, 5.74) is -1.94. The van der Waals surface area contributed by atoms with Gasteiger partial charge in [0, 0.05) is 20.1 Å². The van der Waals surface area contributed by atoms with E-state index >= 15 is 0 Å². The first-order chi connectivity index (χ1) is 10.9. The molecule has 3 aromatic rings. The van der Waals surface area contributed by atoms with E-state index in [2.05, 4.69) is 30.0 Å². The van der Waals surface area contributed by atoms with Crippen LogP contribution in [-0.2, 0) is 12.2 Å². The molecule has 0 aliphatic heterocycles. The third-order valence-electron chi connectivity index (χ3n) is 3.03. The van der Waals surface area contributed by atoms with Gasteiger partial charge in [0.1, 0.15) is 0 Å². The van der Waals surface area contributed by atoms with Crippen molar-refractivity contribution in [3.63, 3.8) is 0 Å². The van der Waals surface area contributed by atoms with E-state index in [4.69, 9.17) is 0 Å². The summed E-state index contributed by atoms with van der Waals surface area (Å²) < 4.78 is 35.9. The van der Waals surface area contributed by atoms with Gasteiger partial charge in [0.15, 0.2) is 0 Å². The van der Waals surface area contributed by atoms with Gasteiger partial charge in [-0.3, -0.25) is 4.79 Å². The molecule has 0 spiro atoms. The van der Waals surface area contributed by atoms with Gasteiger partial charge in [0.2, 0.25) is 0 Å². The van der Waals surface area contributed by atoms with Crippen LogP contribution in [0.5, 0.6) is 0 Å². The van der Waals surface area contributed by atoms with Crippen LogP contribution in [0.3, 0.4) is 0 Å². The normalized spacial score (nSPS) is 11.8. The third-order valence-corrected chi connectivity index (χ3v) is 6.39. The van der Waals surface area contributed by atoms with Crippen molar-refractivity contribution in [2.45, 2.75) is 12.2 Å². The van der Waals surface area contributed by atoms with Crippen LogP contribution in [0.4, 0.5) is 8.78 Å². The fourth-order valence-corrected chi connectivity index (χ4v) is 4.85. The minimum Gasteiger partial charge on any atom is -0.346 e. The van der Waals surface area contributed by atoms with Gasteiger partial charge >= 0.3 is 0 Å². The number of hydrogen-bond donors (Lipinski definition) is 1. The number of thiophene rings is 1. The Kier molecular flexibility index (Phi) is 4.73. The van der Waals surface area contributed by atoms with Crippen molar-refractivity contribution >= 4 is 64.2 Å². The molecular weight excluding hydrogens is 427 g/mol. The molecular formula is C13H9BrF2N3OPS2. The number of hydrogen-bond acceptors (Lipinski definition) is 5. The Hall–Kier alpha value is -1.02. The standard InChI is InChI=1S/C13H9BrF2N3OPS2/c14-10-8-3-6(12(20)17-4-7-5-18-23-19-7)1-2-9(8)22-11(10)13(15,16)21/h1-3,5H,4,21H2,(H,17,20). The van der Waals surface area contributed by atoms with E-state index in [1.54, 1.807) is 24.4 Å². The van der Waals surface area contributed by atoms with Crippen LogP contribution in [0, 0.1) is 0 Å². The van der Waals surface area contributed by atoms with Gasteiger partial charge in [-0.05, 0) is 34.1 Å². The molecule has 0 fully saturated rings. The highest BCUT2D eigenvalue weighted by Gasteiger charge is 2.31. The van der Waals surface area contributed by atoms with Gasteiger partial charge in [0.25, 0.3) is 11.6 Å². The Balaban J connectivity index is 1.87. The minimum atomic E-state index is -3.01. The van der Waals surface area contributed by atoms with Crippen molar-refractivity contribution in [1.82, 2.24) is 14.1 Å². The predicted molar refractivity (Wildman–Crippen MR) is 94.2 cm³/mol. The number of alkyl halides is 2. The van der Waals surface area contributed by atoms with Gasteiger partial charge in [-0.1, -0.05) is 9.24 Å². The van der Waals surface area contributed by atoms with Crippen LogP contribution < -0.4 is 5.32 Å². The molecule has 2 aromatic heterocycles. The zero-order chi connectivity index (χ0) is 16.6. The molecule has 0 saturated carbocycles. The number of carbonyl (C=O) groups excluding carboxylic acids is 1. The molecule has 10 heteroatoms. The lowest BCUT2D eigenvalue weighted by atomic mass is 10.1. The molecule has 0 saturated heterocycles. The Morgan fingerprint density at radius 3 is 2.87 bits per heavy atom. The number of fused-ring (bicyclic) bond motifs is 1. The molecule has 2 heterocycles. The molecule has 1 unspecified atom stereocenters. The van der Waals surface area contributed by atoms with E-state index in [1.807, 2.05) is 0 Å². The lowest BCUT2D eigenvalue weighted by molar-refractivity contribution is 0.0950. The number of amides is 1. The Morgan fingerprint density at radius 2 is 2.22 bits per heavy atom. The van der Waals surface area contributed by atoms with Crippen molar-refractivity contribution in [2.75, 3.05) is 0 Å². The van der Waals surface area contributed by atoms with E-state index < -0.39 is 5.66 Å². The van der Waals surface area contributed by atoms with Crippen molar-refractivity contribution in [2.24, 2.45) is 0 Å². The zero-order valence-electron chi connectivity index (χ0n) is 11.3. The molecule has 3 rings (SSSR count). The van der Waals surface area contributed by atoms with Gasteiger partial charge in [-0.25, -0.2) is 0 Å². The number of carbonyl (C=O) groups is 1. The van der Waals surface area contributed by atoms with Gasteiger partial charge in [0.05, 0.1) is 35.0 Å². The fourth-order valence-electron chi connectivity index (χ4n) is 1.96. The average molecular weight is 436 g/mol. The average Bonchev–Trinajstić information content (AvgIpc) is 3.12. The highest BCUT2D eigenvalue weighted by molar-refractivity contribution is 9.10. The second-order valence-corrected chi connectivity index (χ2v) is 7.79. The quantitative estimate of drug-likeness (QED) is 0.619. The van der Waals surface area contributed by atoms with Crippen LogP contribution in [0.2, 0.25) is 0 Å². The Bertz CT molecular complexity index is 864. The summed E-state index contributed by atoms with van der Waals surface area (Å²) in [4.78, 5) is 12.1. The van der Waals surface area contributed by atoms with Crippen LogP contribution in [0.15, 0.2) is 28.9 Å². The number of halogens is 3. The molecule has 23 heavy (non-hydrogen) atoms. The zero-order valence-corrected chi connectivity index (χ0v) is 15.7. The smallest absolute Gasteiger partial charge is 0.293 e. The van der Waals surface area contributed by atoms with E-state index in [9.17, 15) is 13.6 Å². The van der Waals surface area contributed by atoms with Gasteiger partial charge in [-0.15, -0.1) is 11.3 Å². The number of nitrogens with zero attached hydrogens (tertiary/aromatic N) is 2. The first-order valence-corrected chi connectivity index (χ1v) is 9.22. The molecule has 0 radical (unpaired) electrons. The largest absolute Gasteiger partial charge is 0.346 e. The number of nitrogens with one attached hydrogen (secondary N) is 1. The molecule has 120 valence electrons. The first kappa shape index (κ1) is 16.8. The van der Waals surface area contributed by atoms with Crippen molar-refractivity contribution in [1.29, 1.82) is 0 Å². The van der Waals surface area contributed by atoms with Crippen molar-refractivity contribution < 1.29 is 13.6 Å². The van der Waals surface area contributed by atoms with Crippen LogP contribution >= 0.6 is 48.2 Å². The molecule has 4 nitrogen and oxygen atoms in total. The second-order valence-electron chi connectivity index (χ2n) is 4.66. The maximum Gasteiger partial charge on any atom is 0.293 e. The predicted octanol–water partition coefficient (Wildman–Crippen LogP) is 4.37. The van der Waals surface area contributed by atoms with E-state index in [1.165, 1.54) is 9.24 Å². The summed E-state index contributed by atoms with van der Waals surface area (Å²) in [5.74, 6) is -0.294. The van der Waals surface area contributed by atoms with Crippen LogP contribution in [0.1, 0.15) is 20.9 Å². The van der Waals surface area contributed by atoms with Gasteiger partial charge in [-0.2, -0.15) is 17.5 Å². The monoisotopic (exact) mass is 435 g/mol. The lowest BCUT2D eigenvalue weighted by Crippen LogP contribution is -2.22. The molecule has 1 N–H and O–H groups in total. The Labute approximate surface area is 149 Å². The third kappa shape index (κ3) is 3.57. The molecule has 1 atom stereocenters. The van der Waals surface area contributed by atoms with Crippen LogP contribution in [0.25, 0.3) is 10.1 Å². The maximum atomic E-state index is 13.5. The summed E-state index contributed by atoms with van der Waals surface area (Å²) in [6.07, 6.45) is 1.58. The first-order valence-electron chi connectivity index (χ1n) is 6.30. The lowest BCUT2D eigenvalue weighted by Gasteiger charge is -2.07. The molecule has 0 aliphatic carbocycles. The highest BCUT2D eigenvalue weighted by Crippen LogP contribution is 2.47. The molecule has 1 amide bonds. The topological polar surface area (TPSA) is 54.9 Å². The maximum absolute atomic E-state index is 13.5. The van der Waals surface area contributed by atoms with Crippen LogP contribution in [-0.4, -0.2) is 14.7 Å². The van der Waals surface area contributed by atoms with E-state index in [0.717, 1.165) is 23.1 Å². The molecule has 0 aliphatic rings. The van der Waals surface area contributed by atoms with Crippen molar-refractivity contribution in [3.05, 3.63) is 45.0 Å². The number of benzene rings is 1. The van der Waals surface area contributed by atoms with Gasteiger partial charge < -0.3 is 5.32 Å². The fraction of sp³-hybridized carbons (Fsp3) is 0.154. The van der Waals surface area contributed by atoms with E-state index in [-0.39, 0.29) is 17.3 Å². The summed E-state index contributed by atoms with van der Waals surface area (Å²) in [5, 5.41) is 3.32. The number of aromatic nitrogens is 2. The van der Waals surface area contributed by atoms with E-state index in [0.29, 0.717) is 25.8 Å². The SMILES string of the molecule is O=C(NCc1cnsn1)c1ccc2sc(C(F)(F)P)c(Br)c2c1. The van der Waals surface area contributed by atoms with Crippen molar-refractivity contribution in [3.8, 4) is 0 Å². The summed E-state index contributed by atoms with van der Waals surface area (Å²) >= 11 is 5.27. The summed E-state index contributed by atoms with van der Waals surface area (Å²) in [7, 11) is 1.53.